The maximum atomic E-state index is 5.79. The average molecular weight is 247 g/mol. The van der Waals surface area contributed by atoms with Crippen molar-refractivity contribution in [2.45, 2.75) is 13.5 Å². The second-order valence-corrected chi connectivity index (χ2v) is 4.91. The zero-order valence-corrected chi connectivity index (χ0v) is 11.0. The second kappa shape index (κ2) is 5.29. The number of aromatic nitrogens is 1. The Morgan fingerprint density at radius 3 is 2.59 bits per heavy atom. The fourth-order valence-corrected chi connectivity index (χ4v) is 2.58. The quantitative estimate of drug-likeness (QED) is 0.903. The van der Waals surface area contributed by atoms with Gasteiger partial charge < -0.3 is 10.6 Å². The fraction of sp³-hybridized carbons (Fsp3) is 0.308. The molecule has 4 heteroatoms. The molecule has 1 aromatic carbocycles. The normalized spacial score (nSPS) is 10.5. The molecule has 0 amide bonds. The van der Waals surface area contributed by atoms with E-state index in [0.717, 1.165) is 27.8 Å². The minimum Gasteiger partial charge on any atom is -0.351 e. The zero-order valence-electron chi connectivity index (χ0n) is 10.2. The lowest BCUT2D eigenvalue weighted by Crippen LogP contribution is -2.15. The molecule has 0 radical (unpaired) electrons. The van der Waals surface area contributed by atoms with E-state index in [0.29, 0.717) is 6.54 Å². The van der Waals surface area contributed by atoms with Crippen molar-refractivity contribution in [1.82, 2.24) is 4.98 Å². The van der Waals surface area contributed by atoms with Crippen LogP contribution < -0.4 is 10.6 Å². The van der Waals surface area contributed by atoms with Gasteiger partial charge in [-0.3, -0.25) is 0 Å². The molecular formula is C13H17N3S. The van der Waals surface area contributed by atoms with Crippen molar-refractivity contribution in [3.05, 3.63) is 35.2 Å². The number of nitrogens with two attached hydrogens (primary N) is 1. The number of rotatable bonds is 4. The Kier molecular flexibility index (Phi) is 3.76. The van der Waals surface area contributed by atoms with Gasteiger partial charge in [-0.25, -0.2) is 4.98 Å². The van der Waals surface area contributed by atoms with Crippen LogP contribution in [0.25, 0.3) is 11.3 Å². The van der Waals surface area contributed by atoms with E-state index in [9.17, 15) is 0 Å². The highest BCUT2D eigenvalue weighted by atomic mass is 32.1. The summed E-state index contributed by atoms with van der Waals surface area (Å²) in [4.78, 5) is 7.97. The molecule has 0 atom stereocenters. The summed E-state index contributed by atoms with van der Waals surface area (Å²) in [5.41, 5.74) is 7.96. The van der Waals surface area contributed by atoms with E-state index in [1.54, 1.807) is 11.3 Å². The van der Waals surface area contributed by atoms with E-state index >= 15 is 0 Å². The van der Waals surface area contributed by atoms with E-state index in [2.05, 4.69) is 28.9 Å². The van der Waals surface area contributed by atoms with Gasteiger partial charge in [0.2, 0.25) is 0 Å². The van der Waals surface area contributed by atoms with Gasteiger partial charge in [0.05, 0.1) is 5.69 Å². The van der Waals surface area contributed by atoms with Gasteiger partial charge in [0, 0.05) is 30.6 Å². The Bertz CT molecular complexity index is 479. The summed E-state index contributed by atoms with van der Waals surface area (Å²) in [6, 6.07) is 10.2. The molecule has 2 rings (SSSR count). The van der Waals surface area contributed by atoms with Crippen molar-refractivity contribution in [2.24, 2.45) is 5.73 Å². The van der Waals surface area contributed by atoms with Crippen molar-refractivity contribution >= 4 is 16.5 Å². The van der Waals surface area contributed by atoms with Gasteiger partial charge in [0.1, 0.15) is 0 Å². The van der Waals surface area contributed by atoms with Gasteiger partial charge in [0.25, 0.3) is 0 Å². The van der Waals surface area contributed by atoms with Gasteiger partial charge in [0.15, 0.2) is 5.13 Å². The maximum Gasteiger partial charge on any atom is 0.185 e. The number of nitrogens with zero attached hydrogens (tertiary/aromatic N) is 2. The van der Waals surface area contributed by atoms with Crippen LogP contribution in [-0.2, 0) is 6.54 Å². The molecule has 2 N–H and O–H groups in total. The lowest BCUT2D eigenvalue weighted by atomic mass is 10.1. The number of benzene rings is 1. The Morgan fingerprint density at radius 1 is 1.29 bits per heavy atom. The van der Waals surface area contributed by atoms with Crippen molar-refractivity contribution in [3.63, 3.8) is 0 Å². The summed E-state index contributed by atoms with van der Waals surface area (Å²) in [5, 5.41) is 1.03. The van der Waals surface area contributed by atoms with Crippen molar-refractivity contribution in [1.29, 1.82) is 0 Å². The Morgan fingerprint density at radius 2 is 2.00 bits per heavy atom. The standard InChI is InChI=1S/C13H17N3S/c1-3-16(2)13-15-12(11(9-14)17-13)10-7-5-4-6-8-10/h4-8H,3,9,14H2,1-2H3. The van der Waals surface area contributed by atoms with Gasteiger partial charge in [-0.1, -0.05) is 41.7 Å². The molecular weight excluding hydrogens is 230 g/mol. The van der Waals surface area contributed by atoms with Crippen LogP contribution in [0.5, 0.6) is 0 Å². The molecule has 0 spiro atoms. The number of anilines is 1. The summed E-state index contributed by atoms with van der Waals surface area (Å²) in [7, 11) is 2.05. The summed E-state index contributed by atoms with van der Waals surface area (Å²) in [5.74, 6) is 0. The van der Waals surface area contributed by atoms with Crippen LogP contribution in [0.4, 0.5) is 5.13 Å². The molecule has 1 heterocycles. The van der Waals surface area contributed by atoms with E-state index in [1.165, 1.54) is 0 Å². The molecule has 17 heavy (non-hydrogen) atoms. The van der Waals surface area contributed by atoms with Crippen LogP contribution in [0.2, 0.25) is 0 Å². The molecule has 0 unspecified atom stereocenters. The lowest BCUT2D eigenvalue weighted by Gasteiger charge is -2.11. The zero-order chi connectivity index (χ0) is 12.3. The summed E-state index contributed by atoms with van der Waals surface area (Å²) >= 11 is 1.68. The molecule has 2 aromatic rings. The molecule has 0 aliphatic heterocycles. The van der Waals surface area contributed by atoms with Crippen LogP contribution in [0, 0.1) is 0 Å². The lowest BCUT2D eigenvalue weighted by molar-refractivity contribution is 0.958. The van der Waals surface area contributed by atoms with E-state index < -0.39 is 0 Å². The molecule has 1 aromatic heterocycles. The number of hydrogen-bond acceptors (Lipinski definition) is 4. The molecule has 0 saturated heterocycles. The first kappa shape index (κ1) is 12.1. The summed E-state index contributed by atoms with van der Waals surface area (Å²) in [6.07, 6.45) is 0. The third-order valence-corrected chi connectivity index (χ3v) is 3.91. The fourth-order valence-electron chi connectivity index (χ4n) is 1.60. The number of hydrogen-bond donors (Lipinski definition) is 1. The highest BCUT2D eigenvalue weighted by molar-refractivity contribution is 7.16. The molecule has 0 aliphatic rings. The minimum absolute atomic E-state index is 0.541. The SMILES string of the molecule is CCN(C)c1nc(-c2ccccc2)c(CN)s1. The highest BCUT2D eigenvalue weighted by Crippen LogP contribution is 2.32. The van der Waals surface area contributed by atoms with E-state index in [1.807, 2.05) is 25.2 Å². The van der Waals surface area contributed by atoms with Crippen molar-refractivity contribution in [3.8, 4) is 11.3 Å². The topological polar surface area (TPSA) is 42.2 Å². The predicted molar refractivity (Wildman–Crippen MR) is 74.4 cm³/mol. The van der Waals surface area contributed by atoms with Crippen LogP contribution in [0.15, 0.2) is 30.3 Å². The van der Waals surface area contributed by atoms with Crippen LogP contribution >= 0.6 is 11.3 Å². The minimum atomic E-state index is 0.541. The first-order valence-corrected chi connectivity index (χ1v) is 6.54. The third kappa shape index (κ3) is 2.48. The predicted octanol–water partition coefficient (Wildman–Crippen LogP) is 2.72. The summed E-state index contributed by atoms with van der Waals surface area (Å²) in [6.45, 7) is 3.61. The van der Waals surface area contributed by atoms with E-state index in [4.69, 9.17) is 5.73 Å². The smallest absolute Gasteiger partial charge is 0.185 e. The molecule has 90 valence electrons. The molecule has 0 aliphatic carbocycles. The molecule has 0 fully saturated rings. The van der Waals surface area contributed by atoms with Crippen LogP contribution in [-0.4, -0.2) is 18.6 Å². The second-order valence-electron chi connectivity index (χ2n) is 3.85. The third-order valence-electron chi connectivity index (χ3n) is 2.72. The van der Waals surface area contributed by atoms with Crippen molar-refractivity contribution in [2.75, 3.05) is 18.5 Å². The van der Waals surface area contributed by atoms with Crippen LogP contribution in [0.3, 0.4) is 0 Å². The Balaban J connectivity index is 2.43. The first-order valence-electron chi connectivity index (χ1n) is 5.72. The van der Waals surface area contributed by atoms with Gasteiger partial charge in [-0.05, 0) is 6.92 Å². The Labute approximate surface area is 106 Å². The first-order chi connectivity index (χ1) is 8.26. The van der Waals surface area contributed by atoms with E-state index in [-0.39, 0.29) is 0 Å². The molecule has 0 bridgehead atoms. The molecule has 3 nitrogen and oxygen atoms in total. The highest BCUT2D eigenvalue weighted by Gasteiger charge is 2.13. The Hall–Kier alpha value is -1.39. The van der Waals surface area contributed by atoms with Crippen molar-refractivity contribution < 1.29 is 0 Å². The molecule has 0 saturated carbocycles. The van der Waals surface area contributed by atoms with Crippen LogP contribution in [0.1, 0.15) is 11.8 Å². The summed E-state index contributed by atoms with van der Waals surface area (Å²) < 4.78 is 0. The number of thiazole rings is 1. The largest absolute Gasteiger partial charge is 0.351 e. The average Bonchev–Trinajstić information content (AvgIpc) is 2.83. The van der Waals surface area contributed by atoms with Gasteiger partial charge in [-0.15, -0.1) is 0 Å². The van der Waals surface area contributed by atoms with Gasteiger partial charge >= 0.3 is 0 Å². The maximum absolute atomic E-state index is 5.79. The van der Waals surface area contributed by atoms with Gasteiger partial charge in [-0.2, -0.15) is 0 Å². The monoisotopic (exact) mass is 247 g/mol.